The fourth-order valence-corrected chi connectivity index (χ4v) is 6.02. The summed E-state index contributed by atoms with van der Waals surface area (Å²) in [7, 11) is 0. The highest BCUT2D eigenvalue weighted by Gasteiger charge is 2.36. The third-order valence-corrected chi connectivity index (χ3v) is 8.30. The van der Waals surface area contributed by atoms with Gasteiger partial charge in [-0.1, -0.05) is 92.7 Å². The maximum Gasteiger partial charge on any atom is 0.410 e. The first-order valence-electron chi connectivity index (χ1n) is 16.1. The first-order chi connectivity index (χ1) is 22.1. The molecule has 3 aromatic carbocycles. The highest BCUT2D eigenvalue weighted by molar-refractivity contribution is 5.86. The van der Waals surface area contributed by atoms with Gasteiger partial charge in [0.15, 0.2) is 6.61 Å². The molecule has 1 aliphatic rings. The Kier molecular flexibility index (Phi) is 12.6. The van der Waals surface area contributed by atoms with Crippen LogP contribution < -0.4 is 15.4 Å². The summed E-state index contributed by atoms with van der Waals surface area (Å²) in [6, 6.07) is 23.3. The van der Waals surface area contributed by atoms with Crippen molar-refractivity contribution in [3.8, 4) is 5.75 Å². The van der Waals surface area contributed by atoms with E-state index in [2.05, 4.69) is 10.6 Å². The Morgan fingerprint density at radius 2 is 1.50 bits per heavy atom. The van der Waals surface area contributed by atoms with Crippen molar-refractivity contribution < 1.29 is 29.0 Å². The zero-order valence-electron chi connectivity index (χ0n) is 27.3. The van der Waals surface area contributed by atoms with E-state index < -0.39 is 30.3 Å². The Hall–Kier alpha value is -4.37. The second kappa shape index (κ2) is 16.8. The van der Waals surface area contributed by atoms with Crippen LogP contribution in [0.2, 0.25) is 0 Å². The van der Waals surface area contributed by atoms with Gasteiger partial charge in [0.25, 0.3) is 5.91 Å². The monoisotopic (exact) mass is 629 g/mol. The lowest BCUT2D eigenvalue weighted by Crippen LogP contribution is -2.57. The second-order valence-electron chi connectivity index (χ2n) is 12.4. The lowest BCUT2D eigenvalue weighted by atomic mass is 9.92. The lowest BCUT2D eigenvalue weighted by Gasteiger charge is -2.36. The molecule has 3 N–H and O–H groups in total. The minimum Gasteiger partial charge on any atom is -0.483 e. The quantitative estimate of drug-likeness (QED) is 0.223. The number of nitrogens with one attached hydrogen (secondary N) is 2. The number of carbonyl (C=O) groups excluding carboxylic acids is 3. The summed E-state index contributed by atoms with van der Waals surface area (Å²) in [6.07, 6.45) is 0.176. The number of hydrogen-bond donors (Lipinski definition) is 3. The van der Waals surface area contributed by atoms with Crippen LogP contribution in [0.1, 0.15) is 48.9 Å². The first kappa shape index (κ1) is 34.5. The molecule has 46 heavy (non-hydrogen) atoms. The topological polar surface area (TPSA) is 117 Å². The van der Waals surface area contributed by atoms with Gasteiger partial charge >= 0.3 is 6.09 Å². The molecule has 4 atom stereocenters. The van der Waals surface area contributed by atoms with Crippen LogP contribution in [0, 0.1) is 19.8 Å². The zero-order valence-corrected chi connectivity index (χ0v) is 27.3. The van der Waals surface area contributed by atoms with Crippen molar-refractivity contribution in [3.63, 3.8) is 0 Å². The average Bonchev–Trinajstić information content (AvgIpc) is 3.02. The number of carbonyl (C=O) groups is 3. The Balaban J connectivity index is 1.52. The molecule has 0 spiro atoms. The van der Waals surface area contributed by atoms with Crippen molar-refractivity contribution >= 4 is 17.9 Å². The molecule has 4 rings (SSSR count). The maximum absolute atomic E-state index is 13.8. The van der Waals surface area contributed by atoms with E-state index >= 15 is 0 Å². The molecule has 3 amide bonds. The number of nitrogens with zero attached hydrogens (tertiary/aromatic N) is 1. The maximum atomic E-state index is 13.8. The third-order valence-electron chi connectivity index (χ3n) is 8.30. The number of para-hydroxylation sites is 1. The molecule has 1 heterocycles. The van der Waals surface area contributed by atoms with Gasteiger partial charge in [-0.25, -0.2) is 4.79 Å². The standard InChI is InChI=1S/C37H47N3O6/c1-25(2)34(40-19-12-20-45-37(40)44)36(43)38-30(21-28-15-7-5-8-16-28)23-32(41)31(22-29-17-9-6-10-18-29)39-33(42)24-46-35-26(3)13-11-14-27(35)4/h5-11,13-18,25,30-32,34,41H,12,19-24H2,1-4H3,(H,38,43)(H,39,42)/t30-,31-,32-,34-/m0/s1. The number of ether oxygens (including phenoxy) is 2. The summed E-state index contributed by atoms with van der Waals surface area (Å²) in [5, 5.41) is 17.8. The molecule has 9 nitrogen and oxygen atoms in total. The van der Waals surface area contributed by atoms with E-state index in [1.54, 1.807) is 0 Å². The van der Waals surface area contributed by atoms with Crippen LogP contribution in [-0.4, -0.2) is 71.9 Å². The molecule has 1 fully saturated rings. The Bertz CT molecular complexity index is 1410. The molecule has 9 heteroatoms. The van der Waals surface area contributed by atoms with E-state index in [-0.39, 0.29) is 30.8 Å². The van der Waals surface area contributed by atoms with Crippen LogP contribution in [0.15, 0.2) is 78.9 Å². The first-order valence-corrected chi connectivity index (χ1v) is 16.1. The summed E-state index contributed by atoms with van der Waals surface area (Å²) in [5.41, 5.74) is 3.81. The van der Waals surface area contributed by atoms with Crippen LogP contribution in [0.4, 0.5) is 4.79 Å². The Morgan fingerprint density at radius 1 is 0.891 bits per heavy atom. The summed E-state index contributed by atoms with van der Waals surface area (Å²) < 4.78 is 11.1. The van der Waals surface area contributed by atoms with Crippen LogP contribution in [0.5, 0.6) is 5.75 Å². The van der Waals surface area contributed by atoms with Gasteiger partial charge in [0, 0.05) is 12.6 Å². The Labute approximate surface area is 272 Å². The third kappa shape index (κ3) is 9.81. The van der Waals surface area contributed by atoms with Gasteiger partial charge < -0.3 is 25.2 Å². The van der Waals surface area contributed by atoms with Crippen molar-refractivity contribution in [3.05, 3.63) is 101 Å². The summed E-state index contributed by atoms with van der Waals surface area (Å²) in [6.45, 7) is 8.25. The predicted molar refractivity (Wildman–Crippen MR) is 177 cm³/mol. The van der Waals surface area contributed by atoms with Crippen molar-refractivity contribution in [2.75, 3.05) is 19.8 Å². The second-order valence-corrected chi connectivity index (χ2v) is 12.4. The summed E-state index contributed by atoms with van der Waals surface area (Å²) in [5.74, 6) is -0.141. The molecular weight excluding hydrogens is 582 g/mol. The molecule has 1 saturated heterocycles. The normalized spacial score (nSPS) is 15.8. The van der Waals surface area contributed by atoms with E-state index in [0.717, 1.165) is 22.3 Å². The molecule has 0 saturated carbocycles. The van der Waals surface area contributed by atoms with Crippen molar-refractivity contribution in [2.24, 2.45) is 5.92 Å². The number of cyclic esters (lactones) is 1. The molecule has 0 aliphatic carbocycles. The van der Waals surface area contributed by atoms with Crippen LogP contribution in [0.3, 0.4) is 0 Å². The van der Waals surface area contributed by atoms with Crippen LogP contribution >= 0.6 is 0 Å². The molecule has 3 aromatic rings. The summed E-state index contributed by atoms with van der Waals surface area (Å²) in [4.78, 5) is 41.1. The molecule has 0 bridgehead atoms. The number of aliphatic hydroxyl groups excluding tert-OH is 1. The van der Waals surface area contributed by atoms with E-state index in [9.17, 15) is 19.5 Å². The van der Waals surface area contributed by atoms with Gasteiger partial charge in [-0.15, -0.1) is 0 Å². The predicted octanol–water partition coefficient (Wildman–Crippen LogP) is 4.76. The number of aliphatic hydroxyl groups is 1. The minimum atomic E-state index is -1.00. The molecule has 246 valence electrons. The molecular formula is C37H47N3O6. The van der Waals surface area contributed by atoms with Gasteiger partial charge in [0.05, 0.1) is 18.8 Å². The fraction of sp³-hybridized carbons (Fsp3) is 0.432. The zero-order chi connectivity index (χ0) is 33.1. The van der Waals surface area contributed by atoms with Gasteiger partial charge in [0.1, 0.15) is 11.8 Å². The SMILES string of the molecule is Cc1cccc(C)c1OCC(=O)N[C@@H](Cc1ccccc1)[C@@H](O)C[C@H](Cc1ccccc1)NC(=O)[C@H](C(C)C)N1CCCOC1=O. The minimum absolute atomic E-state index is 0.157. The highest BCUT2D eigenvalue weighted by atomic mass is 16.6. The molecule has 0 aromatic heterocycles. The van der Waals surface area contributed by atoms with E-state index in [1.165, 1.54) is 4.90 Å². The van der Waals surface area contributed by atoms with E-state index in [1.807, 2.05) is 107 Å². The lowest BCUT2D eigenvalue weighted by molar-refractivity contribution is -0.129. The smallest absolute Gasteiger partial charge is 0.410 e. The fourth-order valence-electron chi connectivity index (χ4n) is 6.02. The van der Waals surface area contributed by atoms with Gasteiger partial charge in [-0.2, -0.15) is 0 Å². The molecule has 1 aliphatic heterocycles. The van der Waals surface area contributed by atoms with Gasteiger partial charge in [0.2, 0.25) is 5.91 Å². The average molecular weight is 630 g/mol. The van der Waals surface area contributed by atoms with E-state index in [4.69, 9.17) is 9.47 Å². The van der Waals surface area contributed by atoms with E-state index in [0.29, 0.717) is 38.2 Å². The van der Waals surface area contributed by atoms with Gasteiger partial charge in [-0.3, -0.25) is 14.5 Å². The van der Waals surface area contributed by atoms with Crippen molar-refractivity contribution in [1.29, 1.82) is 0 Å². The Morgan fingerprint density at radius 3 is 2.09 bits per heavy atom. The van der Waals surface area contributed by atoms with Crippen molar-refractivity contribution in [1.82, 2.24) is 15.5 Å². The molecule has 0 unspecified atom stereocenters. The number of rotatable bonds is 15. The number of hydrogen-bond acceptors (Lipinski definition) is 6. The van der Waals surface area contributed by atoms with Crippen molar-refractivity contribution in [2.45, 2.75) is 77.6 Å². The van der Waals surface area contributed by atoms with Crippen LogP contribution in [0.25, 0.3) is 0 Å². The largest absolute Gasteiger partial charge is 0.483 e. The number of amides is 3. The number of aryl methyl sites for hydroxylation is 2. The van der Waals surface area contributed by atoms with Crippen LogP contribution in [-0.2, 0) is 27.2 Å². The molecule has 0 radical (unpaired) electrons. The summed E-state index contributed by atoms with van der Waals surface area (Å²) >= 11 is 0. The number of benzene rings is 3. The van der Waals surface area contributed by atoms with Gasteiger partial charge in [-0.05, 0) is 67.7 Å². The highest BCUT2D eigenvalue weighted by Crippen LogP contribution is 2.23.